The molecule has 186 valence electrons. The Bertz CT molecular complexity index is 356. The number of nitrogens with zero attached hydrogens (tertiary/aromatic N) is 1. The predicted octanol–water partition coefficient (Wildman–Crippen LogP) is 4.66. The van der Waals surface area contributed by atoms with Crippen molar-refractivity contribution < 1.29 is 28.8 Å². The third kappa shape index (κ3) is 21.9. The summed E-state index contributed by atoms with van der Waals surface area (Å²) >= 11 is 0. The molecule has 0 amide bonds. The minimum Gasteiger partial charge on any atom is -0.548 e. The van der Waals surface area contributed by atoms with Crippen LogP contribution in [0.5, 0.6) is 0 Å². The molecule has 0 N–H and O–H groups in total. The van der Waals surface area contributed by atoms with Gasteiger partial charge in [0.25, 0.3) is 0 Å². The number of hydrogen-bond acceptors (Lipinski definition) is 3. The summed E-state index contributed by atoms with van der Waals surface area (Å²) in [6.07, 6.45) is 26.4. The van der Waals surface area contributed by atoms with Crippen molar-refractivity contribution in [2.75, 3.05) is 13.1 Å². The van der Waals surface area contributed by atoms with Crippen LogP contribution in [0.1, 0.15) is 156 Å². The van der Waals surface area contributed by atoms with Crippen LogP contribution in [0.15, 0.2) is 0 Å². The fraction of sp³-hybridized carbons (Fsp3) is 0.964. The largest absolute Gasteiger partial charge is 1.00 e. The zero-order valence-electron chi connectivity index (χ0n) is 22.6. The molecule has 0 spiro atoms. The average Bonchev–Trinajstić information content (AvgIpc) is 2.76. The molecule has 0 aromatic carbocycles. The normalized spacial score (nSPS) is 12.1. The fourth-order valence-corrected chi connectivity index (χ4v) is 4.52. The number of carboxylic acid groups (broad SMARTS) is 1. The van der Waals surface area contributed by atoms with Gasteiger partial charge in [-0.25, -0.2) is 0 Å². The van der Waals surface area contributed by atoms with Crippen LogP contribution >= 0.6 is 0 Å². The Morgan fingerprint density at radius 2 is 0.875 bits per heavy atom. The first-order valence-electron chi connectivity index (χ1n) is 14.1. The molecule has 0 aromatic heterocycles. The molecule has 0 aliphatic rings. The Morgan fingerprint density at radius 1 is 0.562 bits per heavy atom. The van der Waals surface area contributed by atoms with Crippen LogP contribution in [0.2, 0.25) is 0 Å². The molecule has 1 atom stereocenters. The SMILES string of the molecule is CCCCCCCCCCCN(CCCCCCCCCCC)C(CCCC)C(=O)[O-].[Li+]. The molecule has 0 aliphatic carbocycles. The zero-order valence-corrected chi connectivity index (χ0v) is 22.6. The molecule has 0 bridgehead atoms. The molecule has 0 aromatic rings. The Balaban J connectivity index is 0. The second kappa shape index (κ2) is 27.3. The van der Waals surface area contributed by atoms with Crippen molar-refractivity contribution in [2.45, 2.75) is 162 Å². The van der Waals surface area contributed by atoms with Crippen LogP contribution in [-0.4, -0.2) is 30.0 Å². The van der Waals surface area contributed by atoms with Crippen molar-refractivity contribution in [3.05, 3.63) is 0 Å². The molecule has 1 unspecified atom stereocenters. The summed E-state index contributed by atoms with van der Waals surface area (Å²) in [5.74, 6) is -0.861. The van der Waals surface area contributed by atoms with Gasteiger partial charge in [0.2, 0.25) is 0 Å². The van der Waals surface area contributed by atoms with E-state index < -0.39 is 5.97 Å². The summed E-state index contributed by atoms with van der Waals surface area (Å²) in [6.45, 7) is 8.52. The van der Waals surface area contributed by atoms with Crippen LogP contribution in [0.25, 0.3) is 0 Å². The van der Waals surface area contributed by atoms with E-state index in [1.807, 2.05) is 0 Å². The quantitative estimate of drug-likeness (QED) is 0.152. The zero-order chi connectivity index (χ0) is 23.0. The smallest absolute Gasteiger partial charge is 0.548 e. The summed E-state index contributed by atoms with van der Waals surface area (Å²) in [5.41, 5.74) is 0. The van der Waals surface area contributed by atoms with Gasteiger partial charge in [0, 0.05) is 6.04 Å². The van der Waals surface area contributed by atoms with Crippen molar-refractivity contribution in [2.24, 2.45) is 0 Å². The van der Waals surface area contributed by atoms with Crippen LogP contribution in [0.4, 0.5) is 0 Å². The molecular formula is C28H56LiNO2. The van der Waals surface area contributed by atoms with Gasteiger partial charge in [0.1, 0.15) is 0 Å². The van der Waals surface area contributed by atoms with E-state index in [-0.39, 0.29) is 24.9 Å². The van der Waals surface area contributed by atoms with E-state index >= 15 is 0 Å². The van der Waals surface area contributed by atoms with Crippen LogP contribution in [0.3, 0.4) is 0 Å². The monoisotopic (exact) mass is 445 g/mol. The number of hydrogen-bond donors (Lipinski definition) is 0. The third-order valence-corrected chi connectivity index (χ3v) is 6.64. The second-order valence-corrected chi connectivity index (χ2v) is 9.67. The van der Waals surface area contributed by atoms with Crippen LogP contribution < -0.4 is 24.0 Å². The molecule has 0 heterocycles. The summed E-state index contributed by atoms with van der Waals surface area (Å²) < 4.78 is 0. The minimum absolute atomic E-state index is 0. The van der Waals surface area contributed by atoms with E-state index in [1.165, 1.54) is 103 Å². The Kier molecular flexibility index (Phi) is 29.1. The van der Waals surface area contributed by atoms with Crippen molar-refractivity contribution in [1.29, 1.82) is 0 Å². The topological polar surface area (TPSA) is 43.4 Å². The Labute approximate surface area is 214 Å². The predicted molar refractivity (Wildman–Crippen MR) is 134 cm³/mol. The van der Waals surface area contributed by atoms with E-state index in [1.54, 1.807) is 0 Å². The molecule has 3 nitrogen and oxygen atoms in total. The molecule has 4 heteroatoms. The first-order valence-corrected chi connectivity index (χ1v) is 14.1. The summed E-state index contributed by atoms with van der Waals surface area (Å²) in [4.78, 5) is 14.1. The van der Waals surface area contributed by atoms with E-state index in [4.69, 9.17) is 0 Å². The first kappa shape index (κ1) is 34.2. The number of carbonyl (C=O) groups is 1. The fourth-order valence-electron chi connectivity index (χ4n) is 4.52. The maximum absolute atomic E-state index is 11.8. The first-order chi connectivity index (χ1) is 15.2. The van der Waals surface area contributed by atoms with Gasteiger partial charge in [-0.1, -0.05) is 136 Å². The van der Waals surface area contributed by atoms with Gasteiger partial charge < -0.3 is 9.90 Å². The molecule has 0 radical (unpaired) electrons. The molecular weight excluding hydrogens is 389 g/mol. The maximum atomic E-state index is 11.8. The standard InChI is InChI=1S/C28H57NO2.Li/c1-4-7-10-12-14-16-18-20-22-25-29(27(28(30)31)24-9-6-3)26-23-21-19-17-15-13-11-8-5-2;/h27H,4-26H2,1-3H3,(H,30,31);/q;+1/p-1. The van der Waals surface area contributed by atoms with Crippen molar-refractivity contribution in [3.8, 4) is 0 Å². The van der Waals surface area contributed by atoms with Gasteiger partial charge in [-0.3, -0.25) is 4.90 Å². The van der Waals surface area contributed by atoms with Gasteiger partial charge >= 0.3 is 18.9 Å². The minimum atomic E-state index is -0.861. The third-order valence-electron chi connectivity index (χ3n) is 6.64. The van der Waals surface area contributed by atoms with Gasteiger partial charge in [-0.2, -0.15) is 0 Å². The van der Waals surface area contributed by atoms with Crippen molar-refractivity contribution in [3.63, 3.8) is 0 Å². The van der Waals surface area contributed by atoms with Crippen LogP contribution in [-0.2, 0) is 4.79 Å². The van der Waals surface area contributed by atoms with Gasteiger partial charge in [0.15, 0.2) is 0 Å². The van der Waals surface area contributed by atoms with Gasteiger partial charge in [-0.05, 0) is 32.4 Å². The average molecular weight is 446 g/mol. The summed E-state index contributed by atoms with van der Waals surface area (Å²) in [5, 5.41) is 11.8. The van der Waals surface area contributed by atoms with E-state index in [2.05, 4.69) is 25.7 Å². The number of aliphatic carboxylic acids is 1. The molecule has 0 saturated heterocycles. The molecule has 0 saturated carbocycles. The van der Waals surface area contributed by atoms with E-state index in [9.17, 15) is 9.90 Å². The summed E-state index contributed by atoms with van der Waals surface area (Å²) in [6, 6.07) is -0.386. The van der Waals surface area contributed by atoms with Gasteiger partial charge in [-0.15, -0.1) is 0 Å². The Hall–Kier alpha value is 0.0274. The molecule has 0 rings (SSSR count). The number of rotatable bonds is 25. The van der Waals surface area contributed by atoms with E-state index in [0.29, 0.717) is 0 Å². The number of carboxylic acids is 1. The maximum Gasteiger partial charge on any atom is 1.00 e. The number of unbranched alkanes of at least 4 members (excludes halogenated alkanes) is 17. The molecule has 0 fully saturated rings. The van der Waals surface area contributed by atoms with Gasteiger partial charge in [0.05, 0.1) is 5.97 Å². The van der Waals surface area contributed by atoms with Crippen LogP contribution in [0, 0.1) is 0 Å². The van der Waals surface area contributed by atoms with Crippen molar-refractivity contribution >= 4 is 5.97 Å². The van der Waals surface area contributed by atoms with Crippen molar-refractivity contribution in [1.82, 2.24) is 4.90 Å². The molecule has 32 heavy (non-hydrogen) atoms. The molecule has 0 aliphatic heterocycles. The Morgan fingerprint density at radius 3 is 1.19 bits per heavy atom. The summed E-state index contributed by atoms with van der Waals surface area (Å²) in [7, 11) is 0. The second-order valence-electron chi connectivity index (χ2n) is 9.67. The number of carbonyl (C=O) groups excluding carboxylic acids is 1. The van der Waals surface area contributed by atoms with E-state index in [0.717, 1.165) is 45.2 Å².